The number of nitrogens with one attached hydrogen (secondary N) is 1. The number of amides is 1. The number of thiophene rings is 1. The van der Waals surface area contributed by atoms with E-state index in [-0.39, 0.29) is 31.2 Å². The van der Waals surface area contributed by atoms with Crippen molar-refractivity contribution in [2.24, 2.45) is 0 Å². The number of ether oxygens (including phenoxy) is 2. The van der Waals surface area contributed by atoms with Crippen molar-refractivity contribution in [1.82, 2.24) is 9.78 Å². The average Bonchev–Trinajstić information content (AvgIpc) is 3.49. The van der Waals surface area contributed by atoms with Crippen molar-refractivity contribution in [3.63, 3.8) is 0 Å². The fourth-order valence-corrected chi connectivity index (χ4v) is 5.44. The number of nitrogens with zero attached hydrogens (tertiary/aromatic N) is 3. The van der Waals surface area contributed by atoms with Gasteiger partial charge in [0.15, 0.2) is 5.76 Å². The number of esters is 1. The Labute approximate surface area is 205 Å². The second-order valence-electron chi connectivity index (χ2n) is 8.20. The number of carbonyl (C=O) groups excluding carboxylic acids is 2. The van der Waals surface area contributed by atoms with Gasteiger partial charge in [-0.2, -0.15) is 5.10 Å². The number of aromatic nitrogens is 2. The number of hydrogen-bond donors (Lipinski definition) is 1. The number of hydrogen-bond acceptors (Lipinski definition) is 9. The molecule has 3 aromatic heterocycles. The minimum atomic E-state index is -0.500. The van der Waals surface area contributed by atoms with E-state index in [1.165, 1.54) is 29.2 Å². The molecule has 1 aliphatic carbocycles. The Hall–Kier alpha value is -3.51. The van der Waals surface area contributed by atoms with Crippen LogP contribution in [-0.4, -0.2) is 46.9 Å². The standard InChI is InChI=1S/C23H26N4O7S/c1-13-20(27(30)31)14(2)26(25-13)12-15-8-9-17(34-15)21(28)24-22-19(23(29)33-11-10-32-3)16-6-4-5-7-18(16)35-22/h8-9H,4-7,10-12H2,1-3H3,(H,24,28). The second-order valence-corrected chi connectivity index (χ2v) is 9.30. The van der Waals surface area contributed by atoms with Crippen molar-refractivity contribution in [3.05, 3.63) is 61.2 Å². The summed E-state index contributed by atoms with van der Waals surface area (Å²) >= 11 is 1.39. The van der Waals surface area contributed by atoms with Gasteiger partial charge in [-0.05, 0) is 57.2 Å². The quantitative estimate of drug-likeness (QED) is 0.200. The van der Waals surface area contributed by atoms with Crippen LogP contribution in [0.15, 0.2) is 16.5 Å². The summed E-state index contributed by atoms with van der Waals surface area (Å²) in [5.41, 5.74) is 2.00. The lowest BCUT2D eigenvalue weighted by atomic mass is 9.95. The zero-order chi connectivity index (χ0) is 25.1. The summed E-state index contributed by atoms with van der Waals surface area (Å²) in [5, 5.41) is 18.7. The van der Waals surface area contributed by atoms with E-state index in [0.717, 1.165) is 36.1 Å². The van der Waals surface area contributed by atoms with Crippen molar-refractivity contribution in [2.75, 3.05) is 25.6 Å². The van der Waals surface area contributed by atoms with Gasteiger partial charge in [-0.3, -0.25) is 19.6 Å². The van der Waals surface area contributed by atoms with E-state index in [1.807, 2.05) is 0 Å². The molecule has 1 amide bonds. The number of furan rings is 1. The SMILES string of the molecule is COCCOC(=O)c1c(NC(=O)c2ccc(Cn3nc(C)c([N+](=O)[O-])c3C)o2)sc2c1CCCC2. The molecule has 35 heavy (non-hydrogen) atoms. The van der Waals surface area contributed by atoms with Crippen LogP contribution in [0.5, 0.6) is 0 Å². The van der Waals surface area contributed by atoms with Gasteiger partial charge in [0.2, 0.25) is 0 Å². The van der Waals surface area contributed by atoms with Gasteiger partial charge >= 0.3 is 11.7 Å². The van der Waals surface area contributed by atoms with Gasteiger partial charge in [0.05, 0.1) is 23.6 Å². The summed E-state index contributed by atoms with van der Waals surface area (Å²) in [4.78, 5) is 37.6. The second kappa shape index (κ2) is 10.4. The maximum absolute atomic E-state index is 13.0. The molecule has 3 heterocycles. The Balaban J connectivity index is 1.52. The van der Waals surface area contributed by atoms with Gasteiger partial charge in [0.25, 0.3) is 5.91 Å². The highest BCUT2D eigenvalue weighted by molar-refractivity contribution is 7.17. The molecule has 11 nitrogen and oxygen atoms in total. The first-order valence-electron chi connectivity index (χ1n) is 11.2. The Morgan fingerprint density at radius 3 is 2.74 bits per heavy atom. The number of nitro groups is 1. The Bertz CT molecular complexity index is 1270. The largest absolute Gasteiger partial charge is 0.460 e. The number of fused-ring (bicyclic) bond motifs is 1. The predicted molar refractivity (Wildman–Crippen MR) is 127 cm³/mol. The van der Waals surface area contributed by atoms with Gasteiger partial charge < -0.3 is 19.2 Å². The van der Waals surface area contributed by atoms with Gasteiger partial charge in [0.1, 0.15) is 28.8 Å². The number of anilines is 1. The molecule has 1 aliphatic rings. The molecule has 0 aliphatic heterocycles. The summed E-state index contributed by atoms with van der Waals surface area (Å²) < 4.78 is 17.5. The van der Waals surface area contributed by atoms with Gasteiger partial charge in [0, 0.05) is 12.0 Å². The molecule has 186 valence electrons. The Morgan fingerprint density at radius 2 is 2.03 bits per heavy atom. The highest BCUT2D eigenvalue weighted by Gasteiger charge is 2.28. The van der Waals surface area contributed by atoms with Crippen molar-refractivity contribution in [3.8, 4) is 0 Å². The third kappa shape index (κ3) is 5.13. The van der Waals surface area contributed by atoms with Crippen molar-refractivity contribution in [2.45, 2.75) is 46.1 Å². The van der Waals surface area contributed by atoms with Crippen molar-refractivity contribution < 1.29 is 28.4 Å². The lowest BCUT2D eigenvalue weighted by Crippen LogP contribution is -2.16. The third-order valence-electron chi connectivity index (χ3n) is 5.84. The highest BCUT2D eigenvalue weighted by atomic mass is 32.1. The molecule has 0 unspecified atom stereocenters. The maximum atomic E-state index is 13.0. The summed E-state index contributed by atoms with van der Waals surface area (Å²) in [6.07, 6.45) is 3.62. The molecule has 0 radical (unpaired) electrons. The van der Waals surface area contributed by atoms with E-state index in [1.54, 1.807) is 19.9 Å². The molecule has 0 bridgehead atoms. The van der Waals surface area contributed by atoms with Crippen LogP contribution in [-0.2, 0) is 28.9 Å². The van der Waals surface area contributed by atoms with Crippen LogP contribution >= 0.6 is 11.3 Å². The van der Waals surface area contributed by atoms with E-state index in [2.05, 4.69) is 10.4 Å². The minimum Gasteiger partial charge on any atom is -0.460 e. The van der Waals surface area contributed by atoms with E-state index in [4.69, 9.17) is 13.9 Å². The molecule has 3 aromatic rings. The molecule has 0 spiro atoms. The smallest absolute Gasteiger partial charge is 0.341 e. The van der Waals surface area contributed by atoms with E-state index >= 15 is 0 Å². The van der Waals surface area contributed by atoms with Crippen LogP contribution in [0.4, 0.5) is 10.7 Å². The Kier molecular flexibility index (Phi) is 7.31. The monoisotopic (exact) mass is 502 g/mol. The normalized spacial score (nSPS) is 12.9. The highest BCUT2D eigenvalue weighted by Crippen LogP contribution is 2.39. The lowest BCUT2D eigenvalue weighted by Gasteiger charge is -2.12. The van der Waals surface area contributed by atoms with E-state index < -0.39 is 16.8 Å². The van der Waals surface area contributed by atoms with Crippen LogP contribution in [0.2, 0.25) is 0 Å². The zero-order valence-electron chi connectivity index (χ0n) is 19.7. The molecule has 0 fully saturated rings. The number of rotatable bonds is 9. The van der Waals surface area contributed by atoms with Crippen molar-refractivity contribution >= 4 is 33.9 Å². The van der Waals surface area contributed by atoms with Gasteiger partial charge in [-0.25, -0.2) is 4.79 Å². The molecule has 0 atom stereocenters. The fraction of sp³-hybridized carbons (Fsp3) is 0.435. The van der Waals surface area contributed by atoms with Gasteiger partial charge in [-0.1, -0.05) is 0 Å². The molecular weight excluding hydrogens is 476 g/mol. The minimum absolute atomic E-state index is 0.0406. The van der Waals surface area contributed by atoms with Crippen LogP contribution < -0.4 is 5.32 Å². The number of carbonyl (C=O) groups is 2. The fourth-order valence-electron chi connectivity index (χ4n) is 4.16. The molecule has 0 aromatic carbocycles. The summed E-state index contributed by atoms with van der Waals surface area (Å²) in [7, 11) is 1.53. The molecule has 0 saturated heterocycles. The average molecular weight is 503 g/mol. The van der Waals surface area contributed by atoms with Crippen molar-refractivity contribution in [1.29, 1.82) is 0 Å². The molecule has 12 heteroatoms. The predicted octanol–water partition coefficient (Wildman–Crippen LogP) is 4.05. The van der Waals surface area contributed by atoms with E-state index in [9.17, 15) is 19.7 Å². The zero-order valence-corrected chi connectivity index (χ0v) is 20.5. The van der Waals surface area contributed by atoms with Crippen LogP contribution in [0.1, 0.15) is 61.3 Å². The molecular formula is C23H26N4O7S. The number of aryl methyl sites for hydroxylation is 2. The number of methoxy groups -OCH3 is 1. The Morgan fingerprint density at radius 1 is 1.26 bits per heavy atom. The van der Waals surface area contributed by atoms with E-state index in [0.29, 0.717) is 27.7 Å². The third-order valence-corrected chi connectivity index (χ3v) is 7.05. The summed E-state index contributed by atoms with van der Waals surface area (Å²) in [6.45, 7) is 3.73. The summed E-state index contributed by atoms with van der Waals surface area (Å²) in [6, 6.07) is 3.14. The molecule has 0 saturated carbocycles. The molecule has 1 N–H and O–H groups in total. The summed E-state index contributed by atoms with van der Waals surface area (Å²) in [5.74, 6) is -0.510. The lowest BCUT2D eigenvalue weighted by molar-refractivity contribution is -0.386. The molecule has 4 rings (SSSR count). The van der Waals surface area contributed by atoms with Crippen LogP contribution in [0.25, 0.3) is 0 Å². The van der Waals surface area contributed by atoms with Crippen LogP contribution in [0, 0.1) is 24.0 Å². The van der Waals surface area contributed by atoms with Gasteiger partial charge in [-0.15, -0.1) is 11.3 Å². The first-order valence-corrected chi connectivity index (χ1v) is 12.0. The van der Waals surface area contributed by atoms with Crippen LogP contribution in [0.3, 0.4) is 0 Å². The first kappa shape index (κ1) is 24.6. The topological polar surface area (TPSA) is 139 Å². The maximum Gasteiger partial charge on any atom is 0.341 e. The first-order chi connectivity index (χ1) is 16.8.